The van der Waals surface area contributed by atoms with Crippen LogP contribution < -0.4 is 5.32 Å². The zero-order valence-electron chi connectivity index (χ0n) is 17.7. The first-order valence-electron chi connectivity index (χ1n) is 10.4. The molecule has 1 saturated heterocycles. The second-order valence-corrected chi connectivity index (χ2v) is 8.03. The number of hydrogen-bond acceptors (Lipinski definition) is 4. The molecule has 1 aromatic heterocycles. The fourth-order valence-corrected chi connectivity index (χ4v) is 4.30. The van der Waals surface area contributed by atoms with Crippen LogP contribution in [0.2, 0.25) is 0 Å². The fourth-order valence-electron chi connectivity index (χ4n) is 4.30. The molecular weight excluding hydrogens is 392 g/mol. The number of carbonyl (C=O) groups excluding carboxylic acids is 2. The maximum atomic E-state index is 13.2. The summed E-state index contributed by atoms with van der Waals surface area (Å²) in [5.74, 6) is 1.14. The van der Waals surface area contributed by atoms with Gasteiger partial charge in [-0.3, -0.25) is 9.59 Å². The average Bonchev–Trinajstić information content (AvgIpc) is 3.21. The number of aliphatic hydroxyl groups is 1. The van der Waals surface area contributed by atoms with Gasteiger partial charge in [0.25, 0.3) is 5.91 Å². The van der Waals surface area contributed by atoms with Crippen molar-refractivity contribution in [1.82, 2.24) is 10.2 Å². The van der Waals surface area contributed by atoms with Gasteiger partial charge in [-0.05, 0) is 43.2 Å². The summed E-state index contributed by atoms with van der Waals surface area (Å²) >= 11 is 0. The molecule has 0 aliphatic carbocycles. The Hall–Kier alpha value is -3.38. The number of β-amino-alcohol motifs (C(OH)–C–C–N with tert-alkyl or cyclic N) is 1. The molecule has 1 aliphatic rings. The molecule has 1 fully saturated rings. The fraction of sp³-hybridized carbons (Fsp3) is 0.280. The topological polar surface area (TPSA) is 82.8 Å². The van der Waals surface area contributed by atoms with Crippen molar-refractivity contribution >= 4 is 11.8 Å². The summed E-state index contributed by atoms with van der Waals surface area (Å²) < 4.78 is 5.67. The van der Waals surface area contributed by atoms with E-state index >= 15 is 0 Å². The van der Waals surface area contributed by atoms with Crippen LogP contribution in [0, 0.1) is 6.92 Å². The maximum Gasteiger partial charge on any atom is 0.253 e. The quantitative estimate of drug-likeness (QED) is 0.679. The summed E-state index contributed by atoms with van der Waals surface area (Å²) in [6.07, 6.45) is -0.520. The number of carbonyl (C=O) groups is 2. The number of nitrogens with one attached hydrogen (secondary N) is 1. The highest BCUT2D eigenvalue weighted by Crippen LogP contribution is 2.34. The van der Waals surface area contributed by atoms with Gasteiger partial charge in [0.1, 0.15) is 11.5 Å². The Morgan fingerprint density at radius 3 is 2.52 bits per heavy atom. The normalized spacial score (nSPS) is 21.0. The number of benzene rings is 2. The lowest BCUT2D eigenvalue weighted by Crippen LogP contribution is -2.62. The van der Waals surface area contributed by atoms with Crippen molar-refractivity contribution in [3.05, 3.63) is 83.6 Å². The lowest BCUT2D eigenvalue weighted by molar-refractivity contribution is -0.124. The highest BCUT2D eigenvalue weighted by molar-refractivity contribution is 5.95. The minimum Gasteiger partial charge on any atom is -0.461 e. The molecule has 160 valence electrons. The van der Waals surface area contributed by atoms with Crippen molar-refractivity contribution in [2.75, 3.05) is 13.1 Å². The molecule has 31 heavy (non-hydrogen) atoms. The second kappa shape index (κ2) is 8.40. The standard InChI is InChI=1S/C25H26N2O4/c1-17-11-12-22(31-17)19-7-6-8-20(15-19)24(30)27-14-13-25(23(29)16-27,26-18(2)28)21-9-4-3-5-10-21/h3-12,15,23,29H,13-14,16H2,1-2H3,(H,26,28)/t23-,25+/m1/s1. The largest absolute Gasteiger partial charge is 0.461 e. The summed E-state index contributed by atoms with van der Waals surface area (Å²) in [7, 11) is 0. The first-order valence-corrected chi connectivity index (χ1v) is 10.4. The molecule has 2 N–H and O–H groups in total. The number of piperidine rings is 1. The van der Waals surface area contributed by atoms with Gasteiger partial charge in [0, 0.05) is 31.1 Å². The summed E-state index contributed by atoms with van der Waals surface area (Å²) in [5.41, 5.74) is 1.27. The van der Waals surface area contributed by atoms with Crippen molar-refractivity contribution < 1.29 is 19.1 Å². The van der Waals surface area contributed by atoms with E-state index in [0.717, 1.165) is 16.9 Å². The molecule has 0 bridgehead atoms. The van der Waals surface area contributed by atoms with E-state index in [1.165, 1.54) is 6.92 Å². The molecule has 6 heteroatoms. The zero-order valence-corrected chi connectivity index (χ0v) is 17.7. The van der Waals surface area contributed by atoms with Gasteiger partial charge in [-0.2, -0.15) is 0 Å². The highest BCUT2D eigenvalue weighted by atomic mass is 16.3. The summed E-state index contributed by atoms with van der Waals surface area (Å²) in [6, 6.07) is 20.5. The van der Waals surface area contributed by atoms with Gasteiger partial charge in [0.15, 0.2) is 0 Å². The smallest absolute Gasteiger partial charge is 0.253 e. The number of likely N-dealkylation sites (tertiary alicyclic amines) is 1. The molecule has 0 spiro atoms. The van der Waals surface area contributed by atoms with E-state index in [1.54, 1.807) is 17.0 Å². The number of aliphatic hydroxyl groups excluding tert-OH is 1. The van der Waals surface area contributed by atoms with Crippen LogP contribution in [0.3, 0.4) is 0 Å². The van der Waals surface area contributed by atoms with Crippen LogP contribution in [0.5, 0.6) is 0 Å². The van der Waals surface area contributed by atoms with E-state index < -0.39 is 11.6 Å². The Morgan fingerprint density at radius 2 is 1.87 bits per heavy atom. The van der Waals surface area contributed by atoms with Crippen LogP contribution >= 0.6 is 0 Å². The molecule has 1 aliphatic heterocycles. The van der Waals surface area contributed by atoms with Crippen molar-refractivity contribution in [3.8, 4) is 11.3 Å². The molecular formula is C25H26N2O4. The molecule has 0 radical (unpaired) electrons. The van der Waals surface area contributed by atoms with E-state index in [0.29, 0.717) is 24.3 Å². The molecule has 3 aromatic rings. The minimum atomic E-state index is -0.938. The van der Waals surface area contributed by atoms with Gasteiger partial charge in [-0.15, -0.1) is 0 Å². The van der Waals surface area contributed by atoms with E-state index in [2.05, 4.69) is 5.32 Å². The lowest BCUT2D eigenvalue weighted by Gasteiger charge is -2.46. The molecule has 6 nitrogen and oxygen atoms in total. The third-order valence-electron chi connectivity index (χ3n) is 5.85. The van der Waals surface area contributed by atoms with Crippen LogP contribution in [0.15, 0.2) is 71.1 Å². The number of aryl methyl sites for hydroxylation is 1. The molecule has 2 aromatic carbocycles. The number of amides is 2. The Balaban J connectivity index is 1.57. The summed E-state index contributed by atoms with van der Waals surface area (Å²) in [6.45, 7) is 3.85. The molecule has 2 amide bonds. The molecule has 4 rings (SSSR count). The zero-order chi connectivity index (χ0) is 22.0. The van der Waals surface area contributed by atoms with Gasteiger partial charge in [0.2, 0.25) is 5.91 Å². The monoisotopic (exact) mass is 418 g/mol. The summed E-state index contributed by atoms with van der Waals surface area (Å²) in [4.78, 5) is 26.8. The van der Waals surface area contributed by atoms with Crippen LogP contribution in [-0.2, 0) is 10.3 Å². The highest BCUT2D eigenvalue weighted by Gasteiger charge is 2.45. The molecule has 2 heterocycles. The number of furan rings is 1. The van der Waals surface area contributed by atoms with Gasteiger partial charge in [-0.25, -0.2) is 0 Å². The lowest BCUT2D eigenvalue weighted by atomic mass is 9.78. The van der Waals surface area contributed by atoms with Crippen molar-refractivity contribution in [2.24, 2.45) is 0 Å². The Bertz CT molecular complexity index is 1090. The maximum absolute atomic E-state index is 13.2. The Morgan fingerprint density at radius 1 is 1.10 bits per heavy atom. The number of hydrogen-bond donors (Lipinski definition) is 2. The first-order chi connectivity index (χ1) is 14.9. The SMILES string of the molecule is CC(=O)N[C@]1(c2ccccc2)CCN(C(=O)c2cccc(-c3ccc(C)o3)c2)C[C@H]1O. The number of rotatable bonds is 4. The van der Waals surface area contributed by atoms with Crippen molar-refractivity contribution in [1.29, 1.82) is 0 Å². The van der Waals surface area contributed by atoms with Crippen LogP contribution in [0.25, 0.3) is 11.3 Å². The number of nitrogens with zero attached hydrogens (tertiary/aromatic N) is 1. The van der Waals surface area contributed by atoms with Gasteiger partial charge >= 0.3 is 0 Å². The van der Waals surface area contributed by atoms with E-state index in [9.17, 15) is 14.7 Å². The third-order valence-corrected chi connectivity index (χ3v) is 5.85. The van der Waals surface area contributed by atoms with Crippen LogP contribution in [0.1, 0.15) is 35.0 Å². The average molecular weight is 418 g/mol. The van der Waals surface area contributed by atoms with Crippen LogP contribution in [0.4, 0.5) is 0 Å². The predicted octanol–water partition coefficient (Wildman–Crippen LogP) is 3.49. The Labute approximate surface area is 181 Å². The van der Waals surface area contributed by atoms with Gasteiger partial charge < -0.3 is 19.7 Å². The molecule has 0 unspecified atom stereocenters. The van der Waals surface area contributed by atoms with Gasteiger partial charge in [-0.1, -0.05) is 42.5 Å². The predicted molar refractivity (Wildman–Crippen MR) is 117 cm³/mol. The molecule has 2 atom stereocenters. The second-order valence-electron chi connectivity index (χ2n) is 8.03. The minimum absolute atomic E-state index is 0.123. The third kappa shape index (κ3) is 4.11. The van der Waals surface area contributed by atoms with Gasteiger partial charge in [0.05, 0.1) is 11.6 Å². The first kappa shape index (κ1) is 20.9. The van der Waals surface area contributed by atoms with Crippen molar-refractivity contribution in [2.45, 2.75) is 31.9 Å². The molecule has 0 saturated carbocycles. The van der Waals surface area contributed by atoms with E-state index in [1.807, 2.05) is 61.5 Å². The van der Waals surface area contributed by atoms with Crippen molar-refractivity contribution in [3.63, 3.8) is 0 Å². The Kier molecular flexibility index (Phi) is 5.65. The van der Waals surface area contributed by atoms with E-state index in [-0.39, 0.29) is 18.4 Å². The summed E-state index contributed by atoms with van der Waals surface area (Å²) in [5, 5.41) is 14.1. The van der Waals surface area contributed by atoms with E-state index in [4.69, 9.17) is 4.42 Å². The van der Waals surface area contributed by atoms with Crippen LogP contribution in [-0.4, -0.2) is 41.0 Å².